The standard InChI is InChI=1S/C25H23F3N4O3/c1-2-22(33)31-13-3-4-18(14-31)32-15-21(24(29)34)23(30-32)16-5-9-19(10-6-16)35-20-11-7-17(8-12-20)25(26,27)28/h2,5-12,15,18H,1,3-4,13-14H2,(H2,29,34). The average molecular weight is 484 g/mol. The molecule has 182 valence electrons. The first-order chi connectivity index (χ1) is 16.7. The van der Waals surface area contributed by atoms with Crippen molar-refractivity contribution in [3.05, 3.63) is 78.5 Å². The van der Waals surface area contributed by atoms with Gasteiger partial charge in [-0.1, -0.05) is 6.58 Å². The maximum Gasteiger partial charge on any atom is 0.416 e. The smallest absolute Gasteiger partial charge is 0.416 e. The van der Waals surface area contributed by atoms with Gasteiger partial charge in [-0.15, -0.1) is 0 Å². The van der Waals surface area contributed by atoms with E-state index in [1.54, 1.807) is 40.0 Å². The third kappa shape index (κ3) is 5.37. The molecular weight excluding hydrogens is 461 g/mol. The van der Waals surface area contributed by atoms with Crippen molar-refractivity contribution < 1.29 is 27.5 Å². The number of carbonyl (C=O) groups is 2. The van der Waals surface area contributed by atoms with E-state index in [2.05, 4.69) is 11.7 Å². The fourth-order valence-corrected chi connectivity index (χ4v) is 4.00. The molecule has 2 aromatic carbocycles. The highest BCUT2D eigenvalue weighted by Crippen LogP contribution is 2.32. The Balaban J connectivity index is 1.53. The lowest BCUT2D eigenvalue weighted by molar-refractivity contribution is -0.137. The molecule has 1 atom stereocenters. The Morgan fingerprint density at radius 1 is 1.09 bits per heavy atom. The predicted octanol–water partition coefficient (Wildman–Crippen LogP) is 4.81. The molecule has 1 fully saturated rings. The van der Waals surface area contributed by atoms with Crippen LogP contribution in [-0.2, 0) is 11.0 Å². The van der Waals surface area contributed by atoms with Crippen LogP contribution in [0.5, 0.6) is 11.5 Å². The lowest BCUT2D eigenvalue weighted by atomic mass is 10.1. The fourth-order valence-electron chi connectivity index (χ4n) is 4.00. The Morgan fingerprint density at radius 2 is 1.71 bits per heavy atom. The number of piperidine rings is 1. The van der Waals surface area contributed by atoms with E-state index in [4.69, 9.17) is 10.5 Å². The molecule has 1 aliphatic rings. The molecule has 0 bridgehead atoms. The second kappa shape index (κ2) is 9.65. The minimum atomic E-state index is -4.42. The van der Waals surface area contributed by atoms with Crippen LogP contribution in [0.25, 0.3) is 11.3 Å². The lowest BCUT2D eigenvalue weighted by Crippen LogP contribution is -2.40. The summed E-state index contributed by atoms with van der Waals surface area (Å²) < 4.78 is 45.5. The zero-order chi connectivity index (χ0) is 25.2. The van der Waals surface area contributed by atoms with Gasteiger partial charge in [-0.3, -0.25) is 14.3 Å². The second-order valence-corrected chi connectivity index (χ2v) is 8.17. The zero-order valence-corrected chi connectivity index (χ0v) is 18.7. The summed E-state index contributed by atoms with van der Waals surface area (Å²) in [5, 5.41) is 4.60. The number of primary amides is 1. The molecule has 3 aromatic rings. The molecule has 2 N–H and O–H groups in total. The second-order valence-electron chi connectivity index (χ2n) is 8.17. The fraction of sp³-hybridized carbons (Fsp3) is 0.240. The Kier molecular flexibility index (Phi) is 6.63. The monoisotopic (exact) mass is 484 g/mol. The van der Waals surface area contributed by atoms with Crippen LogP contribution in [0.4, 0.5) is 13.2 Å². The van der Waals surface area contributed by atoms with Gasteiger partial charge >= 0.3 is 6.18 Å². The number of hydrogen-bond donors (Lipinski definition) is 1. The van der Waals surface area contributed by atoms with Crippen LogP contribution in [0.2, 0.25) is 0 Å². The van der Waals surface area contributed by atoms with E-state index < -0.39 is 17.6 Å². The maximum atomic E-state index is 12.7. The largest absolute Gasteiger partial charge is 0.457 e. The minimum absolute atomic E-state index is 0.109. The third-order valence-corrected chi connectivity index (χ3v) is 5.80. The number of halogens is 3. The number of benzene rings is 2. The molecule has 0 saturated carbocycles. The topological polar surface area (TPSA) is 90.5 Å². The molecule has 2 amide bonds. The molecule has 0 spiro atoms. The molecule has 0 radical (unpaired) electrons. The minimum Gasteiger partial charge on any atom is -0.457 e. The molecule has 2 heterocycles. The summed E-state index contributed by atoms with van der Waals surface area (Å²) in [5.41, 5.74) is 6.09. The summed E-state index contributed by atoms with van der Waals surface area (Å²) >= 11 is 0. The number of aromatic nitrogens is 2. The van der Waals surface area contributed by atoms with Crippen LogP contribution in [0.1, 0.15) is 34.8 Å². The summed E-state index contributed by atoms with van der Waals surface area (Å²) in [5.74, 6) is -0.129. The van der Waals surface area contributed by atoms with Crippen molar-refractivity contribution in [1.29, 1.82) is 0 Å². The maximum absolute atomic E-state index is 12.7. The molecule has 35 heavy (non-hydrogen) atoms. The average Bonchev–Trinajstić information content (AvgIpc) is 3.30. The number of rotatable bonds is 6. The van der Waals surface area contributed by atoms with Crippen molar-refractivity contribution in [2.24, 2.45) is 5.73 Å². The predicted molar refractivity (Wildman–Crippen MR) is 123 cm³/mol. The van der Waals surface area contributed by atoms with Gasteiger partial charge in [0.25, 0.3) is 5.91 Å². The molecule has 10 heteroatoms. The summed E-state index contributed by atoms with van der Waals surface area (Å²) in [6.45, 7) is 4.62. The Morgan fingerprint density at radius 3 is 2.29 bits per heavy atom. The number of carbonyl (C=O) groups excluding carboxylic acids is 2. The first-order valence-corrected chi connectivity index (χ1v) is 10.9. The van der Waals surface area contributed by atoms with E-state index in [0.29, 0.717) is 30.1 Å². The van der Waals surface area contributed by atoms with E-state index >= 15 is 0 Å². The molecule has 1 aromatic heterocycles. The highest BCUT2D eigenvalue weighted by atomic mass is 19.4. The van der Waals surface area contributed by atoms with Crippen molar-refractivity contribution in [3.8, 4) is 22.8 Å². The van der Waals surface area contributed by atoms with E-state index in [-0.39, 0.29) is 23.3 Å². The Hall–Kier alpha value is -4.08. The summed E-state index contributed by atoms with van der Waals surface area (Å²) in [4.78, 5) is 25.8. The Bertz CT molecular complexity index is 1230. The summed E-state index contributed by atoms with van der Waals surface area (Å²) in [6, 6.07) is 10.9. The number of ether oxygens (including phenoxy) is 1. The molecule has 4 rings (SSSR count). The molecule has 7 nitrogen and oxygen atoms in total. The van der Waals surface area contributed by atoms with Crippen LogP contribution in [0, 0.1) is 0 Å². The number of nitrogens with zero attached hydrogens (tertiary/aromatic N) is 3. The van der Waals surface area contributed by atoms with E-state index in [1.807, 2.05) is 0 Å². The van der Waals surface area contributed by atoms with Gasteiger partial charge in [0.2, 0.25) is 5.91 Å². The van der Waals surface area contributed by atoms with Crippen LogP contribution in [-0.4, -0.2) is 39.6 Å². The van der Waals surface area contributed by atoms with Crippen molar-refractivity contribution >= 4 is 11.8 Å². The van der Waals surface area contributed by atoms with Crippen LogP contribution in [0.15, 0.2) is 67.4 Å². The van der Waals surface area contributed by atoms with E-state index in [0.717, 1.165) is 25.0 Å². The number of alkyl halides is 3. The van der Waals surface area contributed by atoms with Gasteiger partial charge < -0.3 is 15.4 Å². The van der Waals surface area contributed by atoms with Gasteiger partial charge in [0, 0.05) is 24.8 Å². The van der Waals surface area contributed by atoms with Crippen molar-refractivity contribution in [2.45, 2.75) is 25.1 Å². The highest BCUT2D eigenvalue weighted by Gasteiger charge is 2.30. The third-order valence-electron chi connectivity index (χ3n) is 5.80. The van der Waals surface area contributed by atoms with E-state index in [9.17, 15) is 22.8 Å². The van der Waals surface area contributed by atoms with Crippen molar-refractivity contribution in [1.82, 2.24) is 14.7 Å². The van der Waals surface area contributed by atoms with Gasteiger partial charge in [-0.05, 0) is 67.4 Å². The summed E-state index contributed by atoms with van der Waals surface area (Å²) in [7, 11) is 0. The molecular formula is C25H23F3N4O3. The van der Waals surface area contributed by atoms with Crippen molar-refractivity contribution in [2.75, 3.05) is 13.1 Å². The SMILES string of the molecule is C=CC(=O)N1CCCC(n2cc(C(N)=O)c(-c3ccc(Oc4ccc(C(F)(F)F)cc4)cc3)n2)C1. The lowest BCUT2D eigenvalue weighted by Gasteiger charge is -2.32. The number of hydrogen-bond acceptors (Lipinski definition) is 4. The molecule has 1 unspecified atom stereocenters. The van der Waals surface area contributed by atoms with Gasteiger partial charge in [-0.25, -0.2) is 0 Å². The number of amides is 2. The van der Waals surface area contributed by atoms with Crippen LogP contribution in [0.3, 0.4) is 0 Å². The highest BCUT2D eigenvalue weighted by molar-refractivity contribution is 5.98. The van der Waals surface area contributed by atoms with Crippen LogP contribution < -0.4 is 10.5 Å². The summed E-state index contributed by atoms with van der Waals surface area (Å²) in [6.07, 6.45) is 0.0389. The van der Waals surface area contributed by atoms with E-state index in [1.165, 1.54) is 18.2 Å². The van der Waals surface area contributed by atoms with Gasteiger partial charge in [0.15, 0.2) is 0 Å². The van der Waals surface area contributed by atoms with Gasteiger partial charge in [-0.2, -0.15) is 18.3 Å². The zero-order valence-electron chi connectivity index (χ0n) is 18.7. The Labute approximate surface area is 199 Å². The first kappa shape index (κ1) is 24.1. The van der Waals surface area contributed by atoms with Gasteiger partial charge in [0.05, 0.1) is 17.2 Å². The number of likely N-dealkylation sites (tertiary alicyclic amines) is 1. The normalized spacial score (nSPS) is 16.1. The first-order valence-electron chi connectivity index (χ1n) is 10.9. The molecule has 0 aliphatic carbocycles. The van der Waals surface area contributed by atoms with Crippen LogP contribution >= 0.6 is 0 Å². The van der Waals surface area contributed by atoms with Crippen molar-refractivity contribution in [3.63, 3.8) is 0 Å². The van der Waals surface area contributed by atoms with Gasteiger partial charge in [0.1, 0.15) is 17.2 Å². The number of nitrogens with two attached hydrogens (primary N) is 1. The molecule has 1 saturated heterocycles. The quantitative estimate of drug-likeness (QED) is 0.509. The molecule has 1 aliphatic heterocycles.